The molecule has 1 amide bonds. The van der Waals surface area contributed by atoms with Crippen LogP contribution in [0.5, 0.6) is 11.5 Å². The van der Waals surface area contributed by atoms with Crippen LogP contribution in [-0.4, -0.2) is 25.1 Å². The maximum Gasteiger partial charge on any atom is 0.234 e. The Morgan fingerprint density at radius 2 is 1.85 bits per heavy atom. The van der Waals surface area contributed by atoms with Crippen molar-refractivity contribution in [1.29, 1.82) is 0 Å². The van der Waals surface area contributed by atoms with Crippen molar-refractivity contribution in [2.24, 2.45) is 0 Å². The van der Waals surface area contributed by atoms with Gasteiger partial charge >= 0.3 is 0 Å². The number of halogens is 2. The second-order valence-corrected chi connectivity index (χ2v) is 7.07. The standard InChI is InChI=1S/C20H20ClFN2O3/c1-20(2,13-10-23-15-6-5-11(22)7-12(13)15)19(25)24-16-9-17(26-3)14(21)8-18(16)27-4/h5-10,23H,1-4H3,(H,24,25). The minimum absolute atomic E-state index is 0.282. The van der Waals surface area contributed by atoms with Gasteiger partial charge in [0.25, 0.3) is 0 Å². The Kier molecular flexibility index (Phi) is 5.02. The SMILES string of the molecule is COc1cc(NC(=O)C(C)(C)c2c[nH]c3ccc(F)cc23)c(OC)cc1Cl. The number of benzene rings is 2. The number of fused-ring (bicyclic) bond motifs is 1. The summed E-state index contributed by atoms with van der Waals surface area (Å²) in [5.41, 5.74) is 0.944. The van der Waals surface area contributed by atoms with Gasteiger partial charge in [0.2, 0.25) is 5.91 Å². The number of carbonyl (C=O) groups excluding carboxylic acids is 1. The van der Waals surface area contributed by atoms with Gasteiger partial charge in [0.05, 0.1) is 30.3 Å². The predicted octanol–water partition coefficient (Wildman–Crippen LogP) is 4.89. The molecule has 0 saturated heterocycles. The van der Waals surface area contributed by atoms with E-state index in [1.165, 1.54) is 26.4 Å². The Balaban J connectivity index is 1.98. The maximum atomic E-state index is 13.7. The highest BCUT2D eigenvalue weighted by atomic mass is 35.5. The number of methoxy groups -OCH3 is 2. The lowest BCUT2D eigenvalue weighted by Gasteiger charge is -2.24. The molecule has 5 nitrogen and oxygen atoms in total. The quantitative estimate of drug-likeness (QED) is 0.651. The normalized spacial score (nSPS) is 11.5. The molecule has 0 aliphatic heterocycles. The predicted molar refractivity (Wildman–Crippen MR) is 104 cm³/mol. The molecule has 0 bridgehead atoms. The number of aromatic amines is 1. The number of anilines is 1. The Labute approximate surface area is 161 Å². The van der Waals surface area contributed by atoms with Gasteiger partial charge in [-0.05, 0) is 37.6 Å². The summed E-state index contributed by atoms with van der Waals surface area (Å²) < 4.78 is 24.2. The van der Waals surface area contributed by atoms with Gasteiger partial charge in [0, 0.05) is 29.2 Å². The molecule has 27 heavy (non-hydrogen) atoms. The third-order valence-electron chi connectivity index (χ3n) is 4.61. The first-order valence-corrected chi connectivity index (χ1v) is 8.65. The number of H-pyrrole nitrogens is 1. The highest BCUT2D eigenvalue weighted by Gasteiger charge is 2.33. The summed E-state index contributed by atoms with van der Waals surface area (Å²) in [6.45, 7) is 3.55. The van der Waals surface area contributed by atoms with Crippen molar-refractivity contribution in [3.63, 3.8) is 0 Å². The van der Waals surface area contributed by atoms with Gasteiger partial charge in [0.15, 0.2) is 0 Å². The van der Waals surface area contributed by atoms with E-state index in [1.807, 2.05) is 0 Å². The molecule has 3 aromatic rings. The zero-order valence-corrected chi connectivity index (χ0v) is 16.2. The summed E-state index contributed by atoms with van der Waals surface area (Å²) in [7, 11) is 2.98. The van der Waals surface area contributed by atoms with Crippen LogP contribution in [0.3, 0.4) is 0 Å². The molecule has 0 unspecified atom stereocenters. The van der Waals surface area contributed by atoms with E-state index in [0.29, 0.717) is 33.2 Å². The molecule has 0 radical (unpaired) electrons. The molecule has 1 aromatic heterocycles. The average molecular weight is 391 g/mol. The fourth-order valence-corrected chi connectivity index (χ4v) is 3.20. The van der Waals surface area contributed by atoms with E-state index >= 15 is 0 Å². The van der Waals surface area contributed by atoms with Crippen LogP contribution < -0.4 is 14.8 Å². The maximum absolute atomic E-state index is 13.7. The molecular formula is C20H20ClFN2O3. The Morgan fingerprint density at radius 1 is 1.15 bits per heavy atom. The van der Waals surface area contributed by atoms with Crippen LogP contribution in [0.15, 0.2) is 36.5 Å². The van der Waals surface area contributed by atoms with Crippen LogP contribution in [0.2, 0.25) is 5.02 Å². The number of hydrogen-bond donors (Lipinski definition) is 2. The molecule has 0 atom stereocenters. The lowest BCUT2D eigenvalue weighted by atomic mass is 9.83. The summed E-state index contributed by atoms with van der Waals surface area (Å²) in [6.07, 6.45) is 1.73. The second kappa shape index (κ2) is 7.12. The van der Waals surface area contributed by atoms with E-state index in [1.54, 1.807) is 38.2 Å². The molecule has 2 aromatic carbocycles. The Hall–Kier alpha value is -2.73. The van der Waals surface area contributed by atoms with Crippen LogP contribution in [0.25, 0.3) is 10.9 Å². The number of hydrogen-bond acceptors (Lipinski definition) is 3. The molecule has 1 heterocycles. The van der Waals surface area contributed by atoms with E-state index in [0.717, 1.165) is 5.52 Å². The van der Waals surface area contributed by atoms with Crippen LogP contribution in [-0.2, 0) is 10.2 Å². The second-order valence-electron chi connectivity index (χ2n) is 6.66. The Bertz CT molecular complexity index is 1010. The van der Waals surface area contributed by atoms with Crippen molar-refractivity contribution in [2.75, 3.05) is 19.5 Å². The largest absolute Gasteiger partial charge is 0.495 e. The minimum Gasteiger partial charge on any atom is -0.495 e. The molecular weight excluding hydrogens is 371 g/mol. The van der Waals surface area contributed by atoms with Gasteiger partial charge in [0.1, 0.15) is 17.3 Å². The van der Waals surface area contributed by atoms with Gasteiger partial charge in [-0.25, -0.2) is 4.39 Å². The van der Waals surface area contributed by atoms with E-state index in [2.05, 4.69) is 10.3 Å². The highest BCUT2D eigenvalue weighted by molar-refractivity contribution is 6.32. The van der Waals surface area contributed by atoms with Crippen molar-refractivity contribution >= 4 is 34.1 Å². The van der Waals surface area contributed by atoms with Gasteiger partial charge in [-0.2, -0.15) is 0 Å². The van der Waals surface area contributed by atoms with E-state index in [4.69, 9.17) is 21.1 Å². The van der Waals surface area contributed by atoms with Crippen molar-refractivity contribution in [1.82, 2.24) is 4.98 Å². The minimum atomic E-state index is -0.941. The smallest absolute Gasteiger partial charge is 0.234 e. The molecule has 3 rings (SSSR count). The summed E-state index contributed by atoms with van der Waals surface area (Å²) in [4.78, 5) is 16.1. The first-order valence-electron chi connectivity index (χ1n) is 8.28. The lowest BCUT2D eigenvalue weighted by Crippen LogP contribution is -2.34. The fourth-order valence-electron chi connectivity index (χ4n) is 2.97. The van der Waals surface area contributed by atoms with Crippen LogP contribution in [0.1, 0.15) is 19.4 Å². The number of rotatable bonds is 5. The zero-order chi connectivity index (χ0) is 19.8. The van der Waals surface area contributed by atoms with Crippen molar-refractivity contribution < 1.29 is 18.7 Å². The summed E-state index contributed by atoms with van der Waals surface area (Å²) in [6, 6.07) is 7.62. The summed E-state index contributed by atoms with van der Waals surface area (Å²) in [5.74, 6) is 0.189. The molecule has 0 fully saturated rings. The van der Waals surface area contributed by atoms with Gasteiger partial charge in [-0.3, -0.25) is 4.79 Å². The van der Waals surface area contributed by atoms with E-state index in [9.17, 15) is 9.18 Å². The van der Waals surface area contributed by atoms with Crippen LogP contribution in [0, 0.1) is 5.82 Å². The lowest BCUT2D eigenvalue weighted by molar-refractivity contribution is -0.120. The highest BCUT2D eigenvalue weighted by Crippen LogP contribution is 2.38. The first kappa shape index (κ1) is 19.0. The number of carbonyl (C=O) groups is 1. The monoisotopic (exact) mass is 390 g/mol. The zero-order valence-electron chi connectivity index (χ0n) is 15.4. The molecule has 7 heteroatoms. The molecule has 142 valence electrons. The van der Waals surface area contributed by atoms with Crippen molar-refractivity contribution in [2.45, 2.75) is 19.3 Å². The fraction of sp³-hybridized carbons (Fsp3) is 0.250. The van der Waals surface area contributed by atoms with Gasteiger partial charge in [-0.1, -0.05) is 11.6 Å². The average Bonchev–Trinajstić information content (AvgIpc) is 3.06. The third-order valence-corrected chi connectivity index (χ3v) is 4.90. The van der Waals surface area contributed by atoms with E-state index < -0.39 is 5.41 Å². The number of amides is 1. The number of nitrogens with one attached hydrogen (secondary N) is 2. The van der Waals surface area contributed by atoms with Crippen molar-refractivity contribution in [3.8, 4) is 11.5 Å². The van der Waals surface area contributed by atoms with Crippen LogP contribution >= 0.6 is 11.6 Å². The van der Waals surface area contributed by atoms with Gasteiger partial charge in [-0.15, -0.1) is 0 Å². The molecule has 0 aliphatic carbocycles. The topological polar surface area (TPSA) is 63.3 Å². The molecule has 2 N–H and O–H groups in total. The first-order chi connectivity index (χ1) is 12.8. The molecule has 0 spiro atoms. The summed E-state index contributed by atoms with van der Waals surface area (Å²) in [5, 5.41) is 3.90. The molecule has 0 saturated carbocycles. The van der Waals surface area contributed by atoms with Gasteiger partial charge < -0.3 is 19.8 Å². The van der Waals surface area contributed by atoms with E-state index in [-0.39, 0.29) is 11.7 Å². The molecule has 0 aliphatic rings. The summed E-state index contributed by atoms with van der Waals surface area (Å²) >= 11 is 6.11. The third kappa shape index (κ3) is 3.45. The Morgan fingerprint density at radius 3 is 2.52 bits per heavy atom. The number of ether oxygens (including phenoxy) is 2. The number of aromatic nitrogens is 1. The van der Waals surface area contributed by atoms with Crippen LogP contribution in [0.4, 0.5) is 10.1 Å². The van der Waals surface area contributed by atoms with Crippen molar-refractivity contribution in [3.05, 3.63) is 52.9 Å².